The number of carbonyl (C=O) groups is 2. The van der Waals surface area contributed by atoms with Gasteiger partial charge in [0, 0.05) is 6.54 Å². The zero-order valence-corrected chi connectivity index (χ0v) is 8.76. The fourth-order valence-electron chi connectivity index (χ4n) is 1.06. The van der Waals surface area contributed by atoms with Crippen LogP contribution in [0, 0.1) is 0 Å². The van der Waals surface area contributed by atoms with Crippen molar-refractivity contribution in [2.45, 2.75) is 25.3 Å². The Morgan fingerprint density at radius 2 is 2.06 bits per heavy atom. The van der Waals surface area contributed by atoms with Crippen LogP contribution in [0.15, 0.2) is 10.3 Å². The topological polar surface area (TPSA) is 158 Å². The summed E-state index contributed by atoms with van der Waals surface area (Å²) in [4.78, 5) is 25.4. The normalized spacial score (nSPS) is 12.3. The molecule has 0 aliphatic rings. The van der Waals surface area contributed by atoms with Crippen LogP contribution < -0.4 is 22.8 Å². The van der Waals surface area contributed by atoms with E-state index >= 15 is 0 Å². The van der Waals surface area contributed by atoms with Crippen molar-refractivity contribution in [3.8, 4) is 0 Å². The lowest BCUT2D eigenvalue weighted by atomic mass is 10.1. The van der Waals surface area contributed by atoms with Gasteiger partial charge in [0.1, 0.15) is 0 Å². The highest BCUT2D eigenvalue weighted by Gasteiger charge is 2.18. The molecule has 0 aromatic carbocycles. The summed E-state index contributed by atoms with van der Waals surface area (Å²) in [6.45, 7) is 0.430. The van der Waals surface area contributed by atoms with Crippen molar-refractivity contribution >= 4 is 12.0 Å². The molecular weight excluding hydrogens is 216 g/mol. The maximum Gasteiger partial charge on any atom is 0.351 e. The molecule has 2 amide bonds. The number of nitrogens with zero attached hydrogens (tertiary/aromatic N) is 2. The van der Waals surface area contributed by atoms with Crippen molar-refractivity contribution in [1.82, 2.24) is 5.32 Å². The summed E-state index contributed by atoms with van der Waals surface area (Å²) in [6.07, 6.45) is 1.66. The first-order valence-corrected chi connectivity index (χ1v) is 4.65. The lowest BCUT2D eigenvalue weighted by Crippen LogP contribution is -2.30. The van der Waals surface area contributed by atoms with Crippen LogP contribution in [0.25, 0.3) is 0 Å². The standard InChI is InChI=1S/C7H16N6O3/c8-7(15)11-4-2-1-3-5(12-13-9)6(14)16-10/h5H,1-4,10H2,(H2,9,12)(H3,8,11,15)/t5-/m0/s1. The van der Waals surface area contributed by atoms with Crippen molar-refractivity contribution in [1.29, 1.82) is 0 Å². The molecule has 0 heterocycles. The number of hydrogen-bond donors (Lipinski definition) is 4. The lowest BCUT2D eigenvalue weighted by Gasteiger charge is -2.07. The lowest BCUT2D eigenvalue weighted by molar-refractivity contribution is -0.146. The molecule has 0 bridgehead atoms. The molecule has 9 heteroatoms. The summed E-state index contributed by atoms with van der Waals surface area (Å²) in [5.74, 6) is 8.84. The molecular formula is C7H16N6O3. The second-order valence-corrected chi connectivity index (χ2v) is 2.97. The van der Waals surface area contributed by atoms with Crippen LogP contribution in [-0.2, 0) is 9.63 Å². The highest BCUT2D eigenvalue weighted by Crippen LogP contribution is 2.06. The summed E-state index contributed by atoms with van der Waals surface area (Å²) < 4.78 is 0. The van der Waals surface area contributed by atoms with Gasteiger partial charge in [0.05, 0.1) is 0 Å². The van der Waals surface area contributed by atoms with Crippen LogP contribution in [0.1, 0.15) is 19.3 Å². The number of hydrogen-bond acceptors (Lipinski definition) is 6. The predicted octanol–water partition coefficient (Wildman–Crippen LogP) is -1.06. The molecule has 0 aromatic rings. The van der Waals surface area contributed by atoms with E-state index in [9.17, 15) is 9.59 Å². The first kappa shape index (κ1) is 14.1. The quantitative estimate of drug-likeness (QED) is 0.190. The molecule has 9 nitrogen and oxygen atoms in total. The van der Waals surface area contributed by atoms with Gasteiger partial charge in [0.15, 0.2) is 6.04 Å². The molecule has 0 aliphatic heterocycles. The van der Waals surface area contributed by atoms with Gasteiger partial charge in [-0.2, -0.15) is 11.0 Å². The summed E-state index contributed by atoms with van der Waals surface area (Å²) in [5, 5.41) is 8.89. The smallest absolute Gasteiger partial charge is 0.351 e. The van der Waals surface area contributed by atoms with Crippen molar-refractivity contribution in [3.05, 3.63) is 0 Å². The van der Waals surface area contributed by atoms with E-state index in [1.165, 1.54) is 0 Å². The SMILES string of the molecule is NN=N[C@@H](CCCCNC(N)=O)C(=O)ON. The van der Waals surface area contributed by atoms with Gasteiger partial charge in [-0.05, 0) is 19.3 Å². The summed E-state index contributed by atoms with van der Waals surface area (Å²) >= 11 is 0. The number of amides is 2. The zero-order chi connectivity index (χ0) is 12.4. The molecule has 0 radical (unpaired) electrons. The van der Waals surface area contributed by atoms with Crippen LogP contribution in [0.5, 0.6) is 0 Å². The van der Waals surface area contributed by atoms with Crippen LogP contribution in [0.4, 0.5) is 4.79 Å². The van der Waals surface area contributed by atoms with Gasteiger partial charge in [0.2, 0.25) is 0 Å². The molecule has 16 heavy (non-hydrogen) atoms. The molecule has 1 atom stereocenters. The maximum atomic E-state index is 11.0. The molecule has 0 fully saturated rings. The van der Waals surface area contributed by atoms with E-state index in [1.54, 1.807) is 0 Å². The molecule has 0 aliphatic carbocycles. The summed E-state index contributed by atoms with van der Waals surface area (Å²) in [7, 11) is 0. The first-order chi connectivity index (χ1) is 7.61. The molecule has 92 valence electrons. The Kier molecular flexibility index (Phi) is 7.41. The highest BCUT2D eigenvalue weighted by atomic mass is 16.7. The van der Waals surface area contributed by atoms with E-state index in [0.717, 1.165) is 0 Å². The van der Waals surface area contributed by atoms with Gasteiger partial charge in [-0.25, -0.2) is 9.59 Å². The average Bonchev–Trinajstić information content (AvgIpc) is 2.25. The van der Waals surface area contributed by atoms with Gasteiger partial charge in [0.25, 0.3) is 0 Å². The maximum absolute atomic E-state index is 11.0. The number of unbranched alkanes of at least 4 members (excludes halogenated alkanes) is 1. The van der Waals surface area contributed by atoms with Gasteiger partial charge < -0.3 is 21.7 Å². The fourth-order valence-corrected chi connectivity index (χ4v) is 1.06. The Morgan fingerprint density at radius 1 is 1.38 bits per heavy atom. The Balaban J connectivity index is 3.77. The van der Waals surface area contributed by atoms with Crippen LogP contribution in [0.3, 0.4) is 0 Å². The fraction of sp³-hybridized carbons (Fsp3) is 0.714. The van der Waals surface area contributed by atoms with Crippen molar-refractivity contribution in [2.24, 2.45) is 27.8 Å². The largest absolute Gasteiger partial charge is 0.372 e. The van der Waals surface area contributed by atoms with Crippen LogP contribution in [0.2, 0.25) is 0 Å². The van der Waals surface area contributed by atoms with Crippen molar-refractivity contribution in [3.63, 3.8) is 0 Å². The number of carbonyl (C=O) groups excluding carboxylic acids is 2. The third-order valence-electron chi connectivity index (χ3n) is 1.80. The van der Waals surface area contributed by atoms with E-state index in [2.05, 4.69) is 20.5 Å². The minimum Gasteiger partial charge on any atom is -0.372 e. The zero-order valence-electron chi connectivity index (χ0n) is 8.76. The molecule has 7 N–H and O–H groups in total. The number of nitrogens with two attached hydrogens (primary N) is 3. The molecule has 0 rings (SSSR count). The minimum atomic E-state index is -0.802. The van der Waals surface area contributed by atoms with E-state index in [0.29, 0.717) is 25.8 Å². The van der Waals surface area contributed by atoms with Gasteiger partial charge in [-0.1, -0.05) is 5.22 Å². The number of nitrogens with one attached hydrogen (secondary N) is 1. The second kappa shape index (κ2) is 8.41. The Hall–Kier alpha value is -1.90. The molecule has 0 saturated heterocycles. The van der Waals surface area contributed by atoms with E-state index in [-0.39, 0.29) is 0 Å². The van der Waals surface area contributed by atoms with Gasteiger partial charge in [-0.3, -0.25) is 0 Å². The third kappa shape index (κ3) is 6.54. The first-order valence-electron chi connectivity index (χ1n) is 4.65. The molecule has 0 spiro atoms. The molecule has 0 saturated carbocycles. The Morgan fingerprint density at radius 3 is 2.56 bits per heavy atom. The monoisotopic (exact) mass is 232 g/mol. The second-order valence-electron chi connectivity index (χ2n) is 2.97. The van der Waals surface area contributed by atoms with E-state index in [4.69, 9.17) is 17.5 Å². The Labute approximate surface area is 92.3 Å². The molecule has 0 aromatic heterocycles. The van der Waals surface area contributed by atoms with Crippen molar-refractivity contribution < 1.29 is 14.4 Å². The van der Waals surface area contributed by atoms with Gasteiger partial charge >= 0.3 is 12.0 Å². The molecule has 0 unspecified atom stereocenters. The summed E-state index contributed by atoms with van der Waals surface area (Å²) in [5.41, 5.74) is 4.86. The minimum absolute atomic E-state index is 0.386. The number of rotatable bonds is 7. The third-order valence-corrected chi connectivity index (χ3v) is 1.80. The van der Waals surface area contributed by atoms with Gasteiger partial charge in [-0.15, -0.1) is 0 Å². The average molecular weight is 232 g/mol. The highest BCUT2D eigenvalue weighted by molar-refractivity contribution is 5.75. The summed E-state index contributed by atoms with van der Waals surface area (Å²) in [6, 6.07) is -1.39. The van der Waals surface area contributed by atoms with Crippen molar-refractivity contribution in [2.75, 3.05) is 6.54 Å². The van der Waals surface area contributed by atoms with E-state index < -0.39 is 18.0 Å². The Bertz CT molecular complexity index is 257. The van der Waals surface area contributed by atoms with Crippen LogP contribution >= 0.6 is 0 Å². The van der Waals surface area contributed by atoms with Crippen LogP contribution in [-0.4, -0.2) is 24.6 Å². The number of primary amides is 1. The predicted molar refractivity (Wildman–Crippen MR) is 54.5 cm³/mol. The van der Waals surface area contributed by atoms with E-state index in [1.807, 2.05) is 0 Å². The number of urea groups is 1.